The SMILES string of the molecule is CC[C@H](Oc1ccc2ccccc2c1)C(=O)N(C)c1ccccc1. The van der Waals surface area contributed by atoms with Gasteiger partial charge in [0.2, 0.25) is 0 Å². The molecule has 0 N–H and O–H groups in total. The first-order valence-electron chi connectivity index (χ1n) is 8.17. The number of nitrogens with zero attached hydrogens (tertiary/aromatic N) is 1. The Morgan fingerprint density at radius 3 is 2.33 bits per heavy atom. The number of carbonyl (C=O) groups excluding carboxylic acids is 1. The molecule has 3 heteroatoms. The Balaban J connectivity index is 1.79. The lowest BCUT2D eigenvalue weighted by Crippen LogP contribution is -2.39. The molecule has 0 aromatic heterocycles. The number of para-hydroxylation sites is 1. The maximum absolute atomic E-state index is 12.7. The predicted octanol–water partition coefficient (Wildman–Crippen LogP) is 4.66. The highest BCUT2D eigenvalue weighted by molar-refractivity contribution is 5.96. The highest BCUT2D eigenvalue weighted by Crippen LogP contribution is 2.23. The molecule has 0 fully saturated rings. The van der Waals surface area contributed by atoms with Crippen molar-refractivity contribution in [1.29, 1.82) is 0 Å². The summed E-state index contributed by atoms with van der Waals surface area (Å²) in [6, 6.07) is 23.6. The molecule has 0 bridgehead atoms. The molecule has 0 saturated heterocycles. The van der Waals surface area contributed by atoms with Crippen LogP contribution in [0.4, 0.5) is 5.69 Å². The van der Waals surface area contributed by atoms with Crippen molar-refractivity contribution >= 4 is 22.4 Å². The maximum atomic E-state index is 12.7. The minimum Gasteiger partial charge on any atom is -0.481 e. The van der Waals surface area contributed by atoms with E-state index in [1.54, 1.807) is 11.9 Å². The molecule has 0 aliphatic heterocycles. The van der Waals surface area contributed by atoms with Gasteiger partial charge in [-0.1, -0.05) is 55.5 Å². The van der Waals surface area contributed by atoms with Crippen molar-refractivity contribution in [3.8, 4) is 5.75 Å². The maximum Gasteiger partial charge on any atom is 0.267 e. The van der Waals surface area contributed by atoms with Crippen LogP contribution in [0.15, 0.2) is 72.8 Å². The van der Waals surface area contributed by atoms with Crippen molar-refractivity contribution in [3.05, 3.63) is 72.8 Å². The average Bonchev–Trinajstić information content (AvgIpc) is 2.65. The predicted molar refractivity (Wildman–Crippen MR) is 98.5 cm³/mol. The van der Waals surface area contributed by atoms with Gasteiger partial charge in [0, 0.05) is 12.7 Å². The summed E-state index contributed by atoms with van der Waals surface area (Å²) in [5.74, 6) is 0.673. The molecular formula is C21H21NO2. The van der Waals surface area contributed by atoms with Crippen LogP contribution in [0.2, 0.25) is 0 Å². The number of ether oxygens (including phenoxy) is 1. The Morgan fingerprint density at radius 2 is 1.62 bits per heavy atom. The fourth-order valence-corrected chi connectivity index (χ4v) is 2.71. The monoisotopic (exact) mass is 319 g/mol. The second-order valence-electron chi connectivity index (χ2n) is 5.76. The van der Waals surface area contributed by atoms with Crippen molar-refractivity contribution in [3.63, 3.8) is 0 Å². The highest BCUT2D eigenvalue weighted by Gasteiger charge is 2.23. The van der Waals surface area contributed by atoms with E-state index in [0.29, 0.717) is 6.42 Å². The molecule has 0 aliphatic carbocycles. The molecule has 24 heavy (non-hydrogen) atoms. The molecule has 0 unspecified atom stereocenters. The standard InChI is InChI=1S/C21H21NO2/c1-3-20(21(23)22(2)18-11-5-4-6-12-18)24-19-14-13-16-9-7-8-10-17(16)15-19/h4-15,20H,3H2,1-2H3/t20-/m0/s1. The van der Waals surface area contributed by atoms with Gasteiger partial charge in [0.15, 0.2) is 6.10 Å². The molecule has 0 radical (unpaired) electrons. The summed E-state index contributed by atoms with van der Waals surface area (Å²) < 4.78 is 5.98. The number of benzene rings is 3. The molecule has 3 rings (SSSR count). The van der Waals surface area contributed by atoms with Crippen LogP contribution >= 0.6 is 0 Å². The molecule has 0 heterocycles. The third-order valence-electron chi connectivity index (χ3n) is 4.12. The molecule has 122 valence electrons. The number of carbonyl (C=O) groups is 1. The van der Waals surface area contributed by atoms with Crippen LogP contribution in [0.3, 0.4) is 0 Å². The second kappa shape index (κ2) is 7.18. The van der Waals surface area contributed by atoms with Gasteiger partial charge in [-0.15, -0.1) is 0 Å². The molecule has 0 aliphatic rings. The van der Waals surface area contributed by atoms with Crippen LogP contribution in [0.1, 0.15) is 13.3 Å². The van der Waals surface area contributed by atoms with E-state index in [2.05, 4.69) is 6.07 Å². The normalized spacial score (nSPS) is 11.9. The zero-order valence-corrected chi connectivity index (χ0v) is 14.0. The fraction of sp³-hybridized carbons (Fsp3) is 0.190. The van der Waals surface area contributed by atoms with E-state index < -0.39 is 6.10 Å². The molecule has 3 aromatic rings. The van der Waals surface area contributed by atoms with E-state index in [9.17, 15) is 4.79 Å². The van der Waals surface area contributed by atoms with Gasteiger partial charge in [-0.05, 0) is 41.5 Å². The van der Waals surface area contributed by atoms with Gasteiger partial charge in [0.1, 0.15) is 5.75 Å². The van der Waals surface area contributed by atoms with Crippen molar-refractivity contribution in [2.45, 2.75) is 19.4 Å². The Labute approximate surface area is 142 Å². The number of rotatable bonds is 5. The summed E-state index contributed by atoms with van der Waals surface area (Å²) >= 11 is 0. The summed E-state index contributed by atoms with van der Waals surface area (Å²) in [7, 11) is 1.78. The molecule has 0 saturated carbocycles. The Morgan fingerprint density at radius 1 is 0.958 bits per heavy atom. The van der Waals surface area contributed by atoms with Gasteiger partial charge in [-0.3, -0.25) is 4.79 Å². The third kappa shape index (κ3) is 3.40. The van der Waals surface area contributed by atoms with E-state index in [1.807, 2.05) is 73.7 Å². The lowest BCUT2D eigenvalue weighted by molar-refractivity contribution is -0.125. The van der Waals surface area contributed by atoms with Gasteiger partial charge < -0.3 is 9.64 Å². The number of likely N-dealkylation sites (N-methyl/N-ethyl adjacent to an activating group) is 1. The molecule has 1 amide bonds. The Hall–Kier alpha value is -2.81. The average molecular weight is 319 g/mol. The Bertz CT molecular complexity index is 829. The van der Waals surface area contributed by atoms with E-state index >= 15 is 0 Å². The Kier molecular flexibility index (Phi) is 4.80. The molecule has 3 aromatic carbocycles. The first kappa shape index (κ1) is 16.1. The van der Waals surface area contributed by atoms with Crippen molar-refractivity contribution in [2.24, 2.45) is 0 Å². The van der Waals surface area contributed by atoms with Gasteiger partial charge in [-0.2, -0.15) is 0 Å². The van der Waals surface area contributed by atoms with Crippen LogP contribution in [0.5, 0.6) is 5.75 Å². The van der Waals surface area contributed by atoms with Crippen LogP contribution in [0, 0.1) is 0 Å². The van der Waals surface area contributed by atoms with Crippen molar-refractivity contribution in [1.82, 2.24) is 0 Å². The summed E-state index contributed by atoms with van der Waals surface area (Å²) in [6.45, 7) is 1.96. The minimum absolute atomic E-state index is 0.0446. The van der Waals surface area contributed by atoms with Crippen LogP contribution < -0.4 is 9.64 Å². The number of fused-ring (bicyclic) bond motifs is 1. The molecule has 3 nitrogen and oxygen atoms in total. The lowest BCUT2D eigenvalue weighted by atomic mass is 10.1. The minimum atomic E-state index is -0.503. The molecular weight excluding hydrogens is 298 g/mol. The summed E-state index contributed by atoms with van der Waals surface area (Å²) in [6.07, 6.45) is 0.111. The van der Waals surface area contributed by atoms with Crippen molar-refractivity contribution in [2.75, 3.05) is 11.9 Å². The first-order valence-corrected chi connectivity index (χ1v) is 8.17. The van der Waals surface area contributed by atoms with Gasteiger partial charge in [-0.25, -0.2) is 0 Å². The lowest BCUT2D eigenvalue weighted by Gasteiger charge is -2.24. The van der Waals surface area contributed by atoms with E-state index in [4.69, 9.17) is 4.74 Å². The zero-order chi connectivity index (χ0) is 16.9. The molecule has 1 atom stereocenters. The molecule has 0 spiro atoms. The highest BCUT2D eigenvalue weighted by atomic mass is 16.5. The second-order valence-corrected chi connectivity index (χ2v) is 5.76. The van der Waals surface area contributed by atoms with E-state index in [0.717, 1.165) is 22.2 Å². The van der Waals surface area contributed by atoms with Crippen molar-refractivity contribution < 1.29 is 9.53 Å². The smallest absolute Gasteiger partial charge is 0.267 e. The third-order valence-corrected chi connectivity index (χ3v) is 4.12. The quantitative estimate of drug-likeness (QED) is 0.684. The topological polar surface area (TPSA) is 29.5 Å². The van der Waals surface area contributed by atoms with Crippen LogP contribution in [-0.4, -0.2) is 19.1 Å². The fourth-order valence-electron chi connectivity index (χ4n) is 2.71. The first-order chi connectivity index (χ1) is 11.7. The summed E-state index contributed by atoms with van der Waals surface area (Å²) in [4.78, 5) is 14.4. The number of hydrogen-bond acceptors (Lipinski definition) is 2. The van der Waals surface area contributed by atoms with Crippen LogP contribution in [0.25, 0.3) is 10.8 Å². The van der Waals surface area contributed by atoms with E-state index in [-0.39, 0.29) is 5.91 Å². The largest absolute Gasteiger partial charge is 0.481 e. The van der Waals surface area contributed by atoms with Gasteiger partial charge in [0.05, 0.1) is 0 Å². The van der Waals surface area contributed by atoms with Crippen LogP contribution in [-0.2, 0) is 4.79 Å². The number of hydrogen-bond donors (Lipinski definition) is 0. The van der Waals surface area contributed by atoms with E-state index in [1.165, 1.54) is 0 Å². The summed E-state index contributed by atoms with van der Waals surface area (Å²) in [5, 5.41) is 2.26. The number of anilines is 1. The zero-order valence-electron chi connectivity index (χ0n) is 14.0. The van der Waals surface area contributed by atoms with Gasteiger partial charge >= 0.3 is 0 Å². The number of amides is 1. The van der Waals surface area contributed by atoms with Gasteiger partial charge in [0.25, 0.3) is 5.91 Å². The summed E-state index contributed by atoms with van der Waals surface area (Å²) in [5.41, 5.74) is 0.864.